The molecule has 0 saturated heterocycles. The Morgan fingerprint density at radius 2 is 0.812 bits per heavy atom. The number of hydrogen-bond donors (Lipinski definition) is 0. The molecule has 69 heavy (non-hydrogen) atoms. The molecule has 0 aliphatic carbocycles. The molecular formula is C63H39N5O. The van der Waals surface area contributed by atoms with Gasteiger partial charge in [-0.15, -0.1) is 0 Å². The number of hydrogen-bond acceptors (Lipinski definition) is 4. The van der Waals surface area contributed by atoms with Crippen molar-refractivity contribution in [3.05, 3.63) is 237 Å². The maximum absolute atomic E-state index is 7.09. The highest BCUT2D eigenvalue weighted by Crippen LogP contribution is 2.44. The molecule has 0 fully saturated rings. The largest absolute Gasteiger partial charge is 0.455 e. The SMILES string of the molecule is c1ccc(-c2cccc(-c3cccc4oc5c(-c6nc(-c7ccccc7)nc(-c7ccc8c(c7)c7ccccc7n8-c7ccccc7)n6)cc(-n6c7ccccc7c7ccccc76)cc5c34)c2)cc1. The average molecular weight is 882 g/mol. The van der Waals surface area contributed by atoms with Gasteiger partial charge in [0.25, 0.3) is 0 Å². The first-order chi connectivity index (χ1) is 34.2. The van der Waals surface area contributed by atoms with Crippen LogP contribution in [0.5, 0.6) is 0 Å². The average Bonchev–Trinajstić information content (AvgIpc) is 4.09. The second kappa shape index (κ2) is 15.6. The summed E-state index contributed by atoms with van der Waals surface area (Å²) < 4.78 is 11.8. The predicted octanol–water partition coefficient (Wildman–Crippen LogP) is 16.3. The lowest BCUT2D eigenvalue weighted by Crippen LogP contribution is -2.02. The van der Waals surface area contributed by atoms with Gasteiger partial charge in [0, 0.05) is 54.8 Å². The van der Waals surface area contributed by atoms with Crippen molar-refractivity contribution in [1.82, 2.24) is 24.1 Å². The Kier molecular flexibility index (Phi) is 8.79. The molecule has 0 aliphatic rings. The Hall–Kier alpha value is -9.39. The van der Waals surface area contributed by atoms with E-state index >= 15 is 0 Å². The smallest absolute Gasteiger partial charge is 0.167 e. The van der Waals surface area contributed by atoms with Crippen LogP contribution in [0.4, 0.5) is 0 Å². The number of furan rings is 1. The Balaban J connectivity index is 1.05. The number of rotatable bonds is 7. The standard InChI is InChI=1S/C63H39N5O/c1-4-18-40(19-5-1)42-22-16-23-43(36-42)47-29-17-33-58-59(47)52-38-46(68-54-30-13-10-26-48(54)49-27-11-14-31-55(49)68)39-53(60(52)69-58)63-65-61(41-20-6-2-7-21-41)64-62(66-63)44-34-35-57-51(37-44)50-28-12-15-32-56(50)67(57)45-24-8-3-9-25-45/h1-39H. The summed E-state index contributed by atoms with van der Waals surface area (Å²) in [4.78, 5) is 16.0. The predicted molar refractivity (Wildman–Crippen MR) is 283 cm³/mol. The molecule has 6 heteroatoms. The van der Waals surface area contributed by atoms with Crippen molar-refractivity contribution in [3.8, 4) is 67.8 Å². The molecular weight excluding hydrogens is 843 g/mol. The van der Waals surface area contributed by atoms with Gasteiger partial charge in [0.05, 0.1) is 27.6 Å². The molecule has 4 aromatic heterocycles. The summed E-state index contributed by atoms with van der Waals surface area (Å²) in [6.45, 7) is 0. The van der Waals surface area contributed by atoms with Gasteiger partial charge in [-0.25, -0.2) is 15.0 Å². The summed E-state index contributed by atoms with van der Waals surface area (Å²) in [5.41, 5.74) is 15.1. The topological polar surface area (TPSA) is 61.7 Å². The van der Waals surface area contributed by atoms with Crippen LogP contribution in [0.3, 0.4) is 0 Å². The molecule has 0 atom stereocenters. The zero-order chi connectivity index (χ0) is 45.4. The minimum absolute atomic E-state index is 0.518. The van der Waals surface area contributed by atoms with Crippen molar-refractivity contribution < 1.29 is 4.42 Å². The van der Waals surface area contributed by atoms with Gasteiger partial charge in [-0.3, -0.25) is 0 Å². The molecule has 14 rings (SSSR count). The second-order valence-electron chi connectivity index (χ2n) is 17.6. The van der Waals surface area contributed by atoms with Crippen molar-refractivity contribution in [1.29, 1.82) is 0 Å². The van der Waals surface area contributed by atoms with E-state index in [0.29, 0.717) is 23.1 Å². The molecule has 0 unspecified atom stereocenters. The summed E-state index contributed by atoms with van der Waals surface area (Å²) >= 11 is 0. The quantitative estimate of drug-likeness (QED) is 0.160. The van der Waals surface area contributed by atoms with Crippen molar-refractivity contribution in [3.63, 3.8) is 0 Å². The number of para-hydroxylation sites is 4. The van der Waals surface area contributed by atoms with Gasteiger partial charge in [0.15, 0.2) is 17.5 Å². The number of aromatic nitrogens is 5. The third-order valence-electron chi connectivity index (χ3n) is 13.6. The maximum Gasteiger partial charge on any atom is 0.167 e. The number of fused-ring (bicyclic) bond motifs is 9. The molecule has 0 amide bonds. The molecule has 10 aromatic carbocycles. The lowest BCUT2D eigenvalue weighted by molar-refractivity contribution is 0.669. The summed E-state index contributed by atoms with van der Waals surface area (Å²) in [5, 5.41) is 6.64. The first-order valence-corrected chi connectivity index (χ1v) is 23.3. The van der Waals surface area contributed by atoms with Crippen LogP contribution in [-0.4, -0.2) is 24.1 Å². The Labute approximate surface area is 396 Å². The highest BCUT2D eigenvalue weighted by Gasteiger charge is 2.24. The lowest BCUT2D eigenvalue weighted by Gasteiger charge is -2.13. The van der Waals surface area contributed by atoms with Gasteiger partial charge in [0.1, 0.15) is 11.2 Å². The highest BCUT2D eigenvalue weighted by molar-refractivity contribution is 6.17. The summed E-state index contributed by atoms with van der Waals surface area (Å²) in [5.74, 6) is 1.67. The fourth-order valence-corrected chi connectivity index (χ4v) is 10.5. The maximum atomic E-state index is 7.09. The Morgan fingerprint density at radius 3 is 1.51 bits per heavy atom. The minimum atomic E-state index is 0.518. The van der Waals surface area contributed by atoms with Crippen LogP contribution in [-0.2, 0) is 0 Å². The fraction of sp³-hybridized carbons (Fsp3) is 0. The van der Waals surface area contributed by atoms with Gasteiger partial charge in [-0.05, 0) is 95.1 Å². The first-order valence-electron chi connectivity index (χ1n) is 23.3. The van der Waals surface area contributed by atoms with Crippen molar-refractivity contribution in [2.75, 3.05) is 0 Å². The zero-order valence-corrected chi connectivity index (χ0v) is 37.2. The van der Waals surface area contributed by atoms with Crippen LogP contribution in [0, 0.1) is 0 Å². The van der Waals surface area contributed by atoms with E-state index in [4.69, 9.17) is 19.4 Å². The Bertz CT molecular complexity index is 4250. The number of benzene rings is 10. The van der Waals surface area contributed by atoms with E-state index in [2.05, 4.69) is 228 Å². The van der Waals surface area contributed by atoms with E-state index < -0.39 is 0 Å². The van der Waals surface area contributed by atoms with Crippen LogP contribution in [0.1, 0.15) is 0 Å². The molecule has 322 valence electrons. The van der Waals surface area contributed by atoms with E-state index in [-0.39, 0.29) is 0 Å². The third-order valence-corrected chi connectivity index (χ3v) is 13.6. The molecule has 0 N–H and O–H groups in total. The van der Waals surface area contributed by atoms with E-state index in [0.717, 1.165) is 94.0 Å². The van der Waals surface area contributed by atoms with Crippen LogP contribution in [0.25, 0.3) is 133 Å². The summed E-state index contributed by atoms with van der Waals surface area (Å²) in [6.07, 6.45) is 0. The number of nitrogens with zero attached hydrogens (tertiary/aromatic N) is 5. The summed E-state index contributed by atoms with van der Waals surface area (Å²) in [7, 11) is 0. The first kappa shape index (κ1) is 38.8. The zero-order valence-electron chi connectivity index (χ0n) is 37.2. The summed E-state index contributed by atoms with van der Waals surface area (Å²) in [6, 6.07) is 83.3. The molecule has 0 bridgehead atoms. The van der Waals surface area contributed by atoms with E-state index in [1.54, 1.807) is 0 Å². The van der Waals surface area contributed by atoms with E-state index in [9.17, 15) is 0 Å². The van der Waals surface area contributed by atoms with Gasteiger partial charge in [0.2, 0.25) is 0 Å². The third kappa shape index (κ3) is 6.30. The molecule has 6 nitrogen and oxygen atoms in total. The van der Waals surface area contributed by atoms with E-state index in [1.165, 1.54) is 16.3 Å². The molecule has 0 aliphatic heterocycles. The normalized spacial score (nSPS) is 11.8. The van der Waals surface area contributed by atoms with E-state index in [1.807, 2.05) is 18.2 Å². The minimum Gasteiger partial charge on any atom is -0.455 e. The van der Waals surface area contributed by atoms with Crippen LogP contribution >= 0.6 is 0 Å². The van der Waals surface area contributed by atoms with Crippen molar-refractivity contribution >= 4 is 65.6 Å². The lowest BCUT2D eigenvalue weighted by atomic mass is 9.95. The van der Waals surface area contributed by atoms with Crippen LogP contribution in [0.15, 0.2) is 241 Å². The molecule has 0 spiro atoms. The van der Waals surface area contributed by atoms with Crippen molar-refractivity contribution in [2.24, 2.45) is 0 Å². The van der Waals surface area contributed by atoms with Crippen molar-refractivity contribution in [2.45, 2.75) is 0 Å². The molecule has 4 heterocycles. The fourth-order valence-electron chi connectivity index (χ4n) is 10.5. The van der Waals surface area contributed by atoms with Gasteiger partial charge < -0.3 is 13.6 Å². The van der Waals surface area contributed by atoms with Gasteiger partial charge in [-0.1, -0.05) is 164 Å². The van der Waals surface area contributed by atoms with Crippen LogP contribution in [0.2, 0.25) is 0 Å². The molecule has 0 radical (unpaired) electrons. The molecule has 14 aromatic rings. The second-order valence-corrected chi connectivity index (χ2v) is 17.6. The molecule has 0 saturated carbocycles. The van der Waals surface area contributed by atoms with Crippen LogP contribution < -0.4 is 0 Å². The Morgan fingerprint density at radius 1 is 0.290 bits per heavy atom. The van der Waals surface area contributed by atoms with Gasteiger partial charge >= 0.3 is 0 Å². The van der Waals surface area contributed by atoms with Gasteiger partial charge in [-0.2, -0.15) is 0 Å². The highest BCUT2D eigenvalue weighted by atomic mass is 16.3. The monoisotopic (exact) mass is 881 g/mol.